The van der Waals surface area contributed by atoms with Crippen LogP contribution in [0.15, 0.2) is 18.5 Å². The maximum absolute atomic E-state index is 12.6. The fourth-order valence-electron chi connectivity index (χ4n) is 2.76. The maximum atomic E-state index is 12.6. The summed E-state index contributed by atoms with van der Waals surface area (Å²) in [5, 5.41) is 0. The van der Waals surface area contributed by atoms with E-state index in [4.69, 9.17) is 23.2 Å². The van der Waals surface area contributed by atoms with Gasteiger partial charge in [0.1, 0.15) is 4.33 Å². The summed E-state index contributed by atoms with van der Waals surface area (Å²) in [7, 11) is 0. The summed E-state index contributed by atoms with van der Waals surface area (Å²) in [4.78, 5) is 25.1. The van der Waals surface area contributed by atoms with E-state index in [0.29, 0.717) is 18.9 Å². The monoisotopic (exact) mass is 328 g/mol. The molecule has 0 radical (unpaired) electrons. The average molecular weight is 329 g/mol. The summed E-state index contributed by atoms with van der Waals surface area (Å²) in [6, 6.07) is 1.80. The van der Waals surface area contributed by atoms with E-state index >= 15 is 0 Å². The molecule has 2 fully saturated rings. The lowest BCUT2D eigenvalue weighted by atomic mass is 10.1. The zero-order valence-corrected chi connectivity index (χ0v) is 13.4. The summed E-state index contributed by atoms with van der Waals surface area (Å²) in [5.74, 6) is 0.775. The molecule has 0 N–H and O–H groups in total. The van der Waals surface area contributed by atoms with E-state index in [1.807, 2.05) is 11.8 Å². The molecule has 1 aromatic heterocycles. The Morgan fingerprint density at radius 3 is 2.48 bits per heavy atom. The van der Waals surface area contributed by atoms with Crippen LogP contribution in [-0.2, 0) is 4.79 Å². The van der Waals surface area contributed by atoms with Gasteiger partial charge in [0.25, 0.3) is 0 Å². The van der Waals surface area contributed by atoms with Crippen molar-refractivity contribution in [2.24, 2.45) is 5.41 Å². The predicted octanol–water partition coefficient (Wildman–Crippen LogP) is 2.10. The molecule has 114 valence electrons. The van der Waals surface area contributed by atoms with Crippen molar-refractivity contribution in [1.82, 2.24) is 14.9 Å². The summed E-state index contributed by atoms with van der Waals surface area (Å²) < 4.78 is -0.904. The number of aromatic nitrogens is 2. The largest absolute Gasteiger partial charge is 0.340 e. The molecule has 2 aliphatic rings. The fraction of sp³-hybridized carbons (Fsp3) is 0.643. The minimum atomic E-state index is -0.904. The molecule has 0 aromatic carbocycles. The van der Waals surface area contributed by atoms with Crippen LogP contribution in [-0.4, -0.2) is 51.3 Å². The smallest absolute Gasteiger partial charge is 0.231 e. The highest BCUT2D eigenvalue weighted by atomic mass is 35.5. The molecule has 1 aliphatic heterocycles. The number of alkyl halides is 2. The molecule has 1 atom stereocenters. The minimum Gasteiger partial charge on any atom is -0.340 e. The van der Waals surface area contributed by atoms with Crippen molar-refractivity contribution in [2.45, 2.75) is 24.1 Å². The van der Waals surface area contributed by atoms with Crippen LogP contribution in [0.4, 0.5) is 5.95 Å². The van der Waals surface area contributed by atoms with E-state index in [1.54, 1.807) is 18.5 Å². The van der Waals surface area contributed by atoms with E-state index in [0.717, 1.165) is 26.1 Å². The Balaban J connectivity index is 1.65. The van der Waals surface area contributed by atoms with Gasteiger partial charge in [0.2, 0.25) is 11.9 Å². The van der Waals surface area contributed by atoms with Crippen LogP contribution in [0.25, 0.3) is 0 Å². The number of carbonyl (C=O) groups is 1. The number of amides is 1. The van der Waals surface area contributed by atoms with Crippen LogP contribution in [0.3, 0.4) is 0 Å². The summed E-state index contributed by atoms with van der Waals surface area (Å²) in [5.41, 5.74) is -0.630. The SMILES string of the molecule is C[C@@]1(C(=O)N2CCCN(c3ncccn3)CC2)CC1(Cl)Cl. The average Bonchev–Trinajstić information content (AvgIpc) is 3.09. The molecule has 2 heterocycles. The Kier molecular flexibility index (Phi) is 3.74. The van der Waals surface area contributed by atoms with Crippen LogP contribution < -0.4 is 4.90 Å². The molecule has 0 unspecified atom stereocenters. The number of hydrogen-bond acceptors (Lipinski definition) is 4. The van der Waals surface area contributed by atoms with Crippen molar-refractivity contribution in [3.63, 3.8) is 0 Å². The molecule has 1 aliphatic carbocycles. The summed E-state index contributed by atoms with van der Waals surface area (Å²) >= 11 is 12.2. The highest BCUT2D eigenvalue weighted by Crippen LogP contribution is 2.64. The van der Waals surface area contributed by atoms with Crippen molar-refractivity contribution < 1.29 is 4.79 Å². The third-order valence-corrected chi connectivity index (χ3v) is 5.45. The molecule has 21 heavy (non-hydrogen) atoms. The van der Waals surface area contributed by atoms with E-state index in [-0.39, 0.29) is 5.91 Å². The number of hydrogen-bond donors (Lipinski definition) is 0. The lowest BCUT2D eigenvalue weighted by Gasteiger charge is -2.25. The van der Waals surface area contributed by atoms with Crippen molar-refractivity contribution in [3.05, 3.63) is 18.5 Å². The van der Waals surface area contributed by atoms with E-state index in [9.17, 15) is 4.79 Å². The van der Waals surface area contributed by atoms with Crippen LogP contribution in [0.5, 0.6) is 0 Å². The van der Waals surface area contributed by atoms with Gasteiger partial charge < -0.3 is 9.80 Å². The minimum absolute atomic E-state index is 0.0586. The van der Waals surface area contributed by atoms with Crippen LogP contribution in [0.2, 0.25) is 0 Å². The molecular formula is C14H18Cl2N4O. The first-order chi connectivity index (χ1) is 9.94. The molecule has 5 nitrogen and oxygen atoms in total. The van der Waals surface area contributed by atoms with Gasteiger partial charge in [0, 0.05) is 38.6 Å². The standard InChI is InChI=1S/C14H18Cl2N4O/c1-13(10-14(13,15)16)11(21)19-6-3-7-20(9-8-19)12-17-4-2-5-18-12/h2,4-5H,3,6-10H2,1H3/t13-/m0/s1. The molecule has 1 aromatic rings. The van der Waals surface area contributed by atoms with E-state index in [1.165, 1.54) is 0 Å². The topological polar surface area (TPSA) is 49.3 Å². The van der Waals surface area contributed by atoms with Crippen LogP contribution in [0.1, 0.15) is 19.8 Å². The molecular weight excluding hydrogens is 311 g/mol. The molecule has 7 heteroatoms. The molecule has 3 rings (SSSR count). The van der Waals surface area contributed by atoms with Gasteiger partial charge in [-0.2, -0.15) is 0 Å². The Morgan fingerprint density at radius 1 is 1.19 bits per heavy atom. The van der Waals surface area contributed by atoms with Gasteiger partial charge in [0.15, 0.2) is 0 Å². The first-order valence-corrected chi connectivity index (χ1v) is 7.89. The first-order valence-electron chi connectivity index (χ1n) is 7.13. The number of carbonyl (C=O) groups excluding carboxylic acids is 1. The molecule has 0 spiro atoms. The van der Waals surface area contributed by atoms with Gasteiger partial charge >= 0.3 is 0 Å². The number of anilines is 1. The predicted molar refractivity (Wildman–Crippen MR) is 82.6 cm³/mol. The first kappa shape index (κ1) is 14.9. The van der Waals surface area contributed by atoms with E-state index in [2.05, 4.69) is 14.9 Å². The second-order valence-electron chi connectivity index (χ2n) is 5.89. The Morgan fingerprint density at radius 2 is 1.86 bits per heavy atom. The zero-order chi connectivity index (χ0) is 15.1. The second kappa shape index (κ2) is 5.29. The van der Waals surface area contributed by atoms with Gasteiger partial charge in [-0.15, -0.1) is 23.2 Å². The number of halogens is 2. The molecule has 0 bridgehead atoms. The molecule has 1 amide bonds. The number of nitrogens with zero attached hydrogens (tertiary/aromatic N) is 4. The van der Waals surface area contributed by atoms with Crippen molar-refractivity contribution in [3.8, 4) is 0 Å². The third-order valence-electron chi connectivity index (χ3n) is 4.35. The number of rotatable bonds is 2. The highest BCUT2D eigenvalue weighted by Gasteiger charge is 2.68. The van der Waals surface area contributed by atoms with Gasteiger partial charge in [0.05, 0.1) is 5.41 Å². The lowest BCUT2D eigenvalue weighted by molar-refractivity contribution is -0.136. The maximum Gasteiger partial charge on any atom is 0.231 e. The van der Waals surface area contributed by atoms with Gasteiger partial charge in [-0.1, -0.05) is 0 Å². The summed E-state index contributed by atoms with van der Waals surface area (Å²) in [6.07, 6.45) is 4.88. The van der Waals surface area contributed by atoms with Gasteiger partial charge in [-0.05, 0) is 25.8 Å². The summed E-state index contributed by atoms with van der Waals surface area (Å²) in [6.45, 7) is 4.79. The molecule has 1 saturated carbocycles. The normalized spacial score (nSPS) is 28.1. The van der Waals surface area contributed by atoms with E-state index < -0.39 is 9.75 Å². The Hall–Kier alpha value is -1.07. The quantitative estimate of drug-likeness (QED) is 0.780. The second-order valence-corrected chi connectivity index (χ2v) is 7.38. The fourth-order valence-corrected chi connectivity index (χ4v) is 3.45. The Labute approximate surface area is 134 Å². The zero-order valence-electron chi connectivity index (χ0n) is 11.9. The third kappa shape index (κ3) is 2.69. The lowest BCUT2D eigenvalue weighted by Crippen LogP contribution is -2.40. The van der Waals surface area contributed by atoms with Gasteiger partial charge in [-0.3, -0.25) is 4.79 Å². The molecule has 1 saturated heterocycles. The highest BCUT2D eigenvalue weighted by molar-refractivity contribution is 6.53. The van der Waals surface area contributed by atoms with Crippen LogP contribution in [0, 0.1) is 5.41 Å². The van der Waals surface area contributed by atoms with Crippen molar-refractivity contribution >= 4 is 35.1 Å². The van der Waals surface area contributed by atoms with Crippen molar-refractivity contribution in [1.29, 1.82) is 0 Å². The van der Waals surface area contributed by atoms with Gasteiger partial charge in [-0.25, -0.2) is 9.97 Å². The van der Waals surface area contributed by atoms with Crippen LogP contribution >= 0.6 is 23.2 Å². The Bertz CT molecular complexity index is 539. The van der Waals surface area contributed by atoms with Crippen molar-refractivity contribution in [2.75, 3.05) is 31.1 Å².